The van der Waals surface area contributed by atoms with Gasteiger partial charge in [-0.2, -0.15) is 11.8 Å². The minimum atomic E-state index is -0.273. The number of nitrogens with one attached hydrogen (secondary N) is 1. The van der Waals surface area contributed by atoms with Gasteiger partial charge in [0.25, 0.3) is 0 Å². The summed E-state index contributed by atoms with van der Waals surface area (Å²) >= 11 is 1.89. The smallest absolute Gasteiger partial charge is 0.227 e. The van der Waals surface area contributed by atoms with Crippen LogP contribution in [-0.2, 0) is 4.79 Å². The van der Waals surface area contributed by atoms with Gasteiger partial charge in [0.1, 0.15) is 0 Å². The summed E-state index contributed by atoms with van der Waals surface area (Å²) in [6.45, 7) is 1.33. The van der Waals surface area contributed by atoms with Gasteiger partial charge < -0.3 is 11.1 Å². The van der Waals surface area contributed by atoms with Crippen LogP contribution < -0.4 is 11.1 Å². The van der Waals surface area contributed by atoms with Gasteiger partial charge in [-0.05, 0) is 31.9 Å². The van der Waals surface area contributed by atoms with E-state index in [9.17, 15) is 4.79 Å². The molecule has 0 aromatic rings. The number of rotatable bonds is 5. The van der Waals surface area contributed by atoms with Gasteiger partial charge in [-0.15, -0.1) is 0 Å². The molecule has 2 aliphatic rings. The SMILES string of the molecule is CSC1(CNC(=O)C2(CN)CCCCCC2)CC1. The standard InChI is InChI=1S/C14H26N2OS/c1-18-14(8-9-14)11-16-12(17)13(10-15)6-4-2-3-5-7-13/h2-11,15H2,1H3,(H,16,17). The molecule has 0 aromatic heterocycles. The fourth-order valence-electron chi connectivity index (χ4n) is 2.95. The highest BCUT2D eigenvalue weighted by Crippen LogP contribution is 2.46. The summed E-state index contributed by atoms with van der Waals surface area (Å²) in [4.78, 5) is 12.5. The van der Waals surface area contributed by atoms with E-state index in [0.29, 0.717) is 11.3 Å². The third-order valence-corrected chi connectivity index (χ3v) is 6.16. The zero-order valence-corrected chi connectivity index (χ0v) is 12.3. The van der Waals surface area contributed by atoms with Crippen molar-refractivity contribution in [1.82, 2.24) is 5.32 Å². The van der Waals surface area contributed by atoms with Crippen molar-refractivity contribution in [3.63, 3.8) is 0 Å². The molecule has 2 saturated carbocycles. The Hall–Kier alpha value is -0.220. The molecular formula is C14H26N2OS. The Bertz CT molecular complexity index is 294. The van der Waals surface area contributed by atoms with Crippen LogP contribution in [0.3, 0.4) is 0 Å². The van der Waals surface area contributed by atoms with Crippen molar-refractivity contribution in [2.75, 3.05) is 19.3 Å². The van der Waals surface area contributed by atoms with E-state index in [1.807, 2.05) is 11.8 Å². The Labute approximate surface area is 115 Å². The first-order valence-electron chi connectivity index (χ1n) is 7.20. The van der Waals surface area contributed by atoms with Crippen LogP contribution in [0.25, 0.3) is 0 Å². The van der Waals surface area contributed by atoms with E-state index in [2.05, 4.69) is 11.6 Å². The molecule has 2 rings (SSSR count). The van der Waals surface area contributed by atoms with Crippen molar-refractivity contribution in [3.05, 3.63) is 0 Å². The van der Waals surface area contributed by atoms with Crippen LogP contribution in [0.15, 0.2) is 0 Å². The molecule has 2 aliphatic carbocycles. The third-order valence-electron chi connectivity index (χ3n) is 4.74. The Balaban J connectivity index is 1.91. The second-order valence-electron chi connectivity index (χ2n) is 5.97. The second-order valence-corrected chi connectivity index (χ2v) is 7.24. The molecule has 0 aliphatic heterocycles. The molecule has 4 heteroatoms. The minimum absolute atomic E-state index is 0.215. The fraction of sp³-hybridized carbons (Fsp3) is 0.929. The Morgan fingerprint density at radius 1 is 1.17 bits per heavy atom. The van der Waals surface area contributed by atoms with Gasteiger partial charge in [-0.1, -0.05) is 25.7 Å². The predicted octanol–water partition coefficient (Wildman–Crippen LogP) is 2.30. The molecule has 3 nitrogen and oxygen atoms in total. The molecular weight excluding hydrogens is 244 g/mol. The molecule has 0 radical (unpaired) electrons. The lowest BCUT2D eigenvalue weighted by Crippen LogP contribution is -2.47. The van der Waals surface area contributed by atoms with E-state index in [-0.39, 0.29) is 11.3 Å². The van der Waals surface area contributed by atoms with Crippen LogP contribution in [0.4, 0.5) is 0 Å². The van der Waals surface area contributed by atoms with E-state index in [0.717, 1.165) is 32.2 Å². The van der Waals surface area contributed by atoms with Crippen LogP contribution in [0, 0.1) is 5.41 Å². The van der Waals surface area contributed by atoms with E-state index in [4.69, 9.17) is 5.73 Å². The Morgan fingerprint density at radius 3 is 2.22 bits per heavy atom. The van der Waals surface area contributed by atoms with Gasteiger partial charge >= 0.3 is 0 Å². The van der Waals surface area contributed by atoms with Gasteiger partial charge in [0.15, 0.2) is 0 Å². The number of carbonyl (C=O) groups excluding carboxylic acids is 1. The maximum atomic E-state index is 12.5. The number of hydrogen-bond acceptors (Lipinski definition) is 3. The normalized spacial score (nSPS) is 25.2. The molecule has 0 atom stereocenters. The van der Waals surface area contributed by atoms with Gasteiger partial charge in [0, 0.05) is 17.8 Å². The average molecular weight is 270 g/mol. The zero-order valence-electron chi connectivity index (χ0n) is 11.5. The van der Waals surface area contributed by atoms with Gasteiger partial charge in [-0.3, -0.25) is 4.79 Å². The molecule has 18 heavy (non-hydrogen) atoms. The molecule has 1 amide bonds. The lowest BCUT2D eigenvalue weighted by Gasteiger charge is -2.30. The molecule has 3 N–H and O–H groups in total. The van der Waals surface area contributed by atoms with Crippen molar-refractivity contribution in [2.45, 2.75) is 56.1 Å². The number of hydrogen-bond donors (Lipinski definition) is 2. The highest BCUT2D eigenvalue weighted by molar-refractivity contribution is 8.00. The maximum Gasteiger partial charge on any atom is 0.227 e. The van der Waals surface area contributed by atoms with Crippen LogP contribution >= 0.6 is 11.8 Å². The van der Waals surface area contributed by atoms with Gasteiger partial charge in [-0.25, -0.2) is 0 Å². The topological polar surface area (TPSA) is 55.1 Å². The second kappa shape index (κ2) is 5.83. The predicted molar refractivity (Wildman–Crippen MR) is 77.7 cm³/mol. The summed E-state index contributed by atoms with van der Waals surface area (Å²) in [5, 5.41) is 3.19. The highest BCUT2D eigenvalue weighted by atomic mass is 32.2. The monoisotopic (exact) mass is 270 g/mol. The quantitative estimate of drug-likeness (QED) is 0.754. The van der Waals surface area contributed by atoms with E-state index >= 15 is 0 Å². The van der Waals surface area contributed by atoms with Gasteiger partial charge in [0.2, 0.25) is 5.91 Å². The fourth-order valence-corrected chi connectivity index (χ4v) is 3.68. The molecule has 0 unspecified atom stereocenters. The summed E-state index contributed by atoms with van der Waals surface area (Å²) in [6.07, 6.45) is 11.4. The van der Waals surface area contributed by atoms with E-state index < -0.39 is 0 Å². The lowest BCUT2D eigenvalue weighted by atomic mass is 9.79. The van der Waals surface area contributed by atoms with E-state index in [1.165, 1.54) is 25.7 Å². The molecule has 104 valence electrons. The molecule has 0 heterocycles. The molecule has 0 aromatic carbocycles. The number of amides is 1. The first kappa shape index (κ1) is 14.2. The number of carbonyl (C=O) groups is 1. The largest absolute Gasteiger partial charge is 0.354 e. The summed E-state index contributed by atoms with van der Waals surface area (Å²) < 4.78 is 0.343. The molecule has 2 fully saturated rings. The first-order valence-corrected chi connectivity index (χ1v) is 8.42. The summed E-state index contributed by atoms with van der Waals surface area (Å²) in [5.74, 6) is 0.215. The summed E-state index contributed by atoms with van der Waals surface area (Å²) in [7, 11) is 0. The molecule has 0 spiro atoms. The van der Waals surface area contributed by atoms with Crippen LogP contribution in [-0.4, -0.2) is 30.0 Å². The molecule has 0 saturated heterocycles. The molecule has 0 bridgehead atoms. The number of nitrogens with two attached hydrogens (primary N) is 1. The van der Waals surface area contributed by atoms with Gasteiger partial charge in [0.05, 0.1) is 5.41 Å². The van der Waals surface area contributed by atoms with Crippen LogP contribution in [0.1, 0.15) is 51.4 Å². The van der Waals surface area contributed by atoms with Crippen LogP contribution in [0.5, 0.6) is 0 Å². The lowest BCUT2D eigenvalue weighted by molar-refractivity contribution is -0.131. The third kappa shape index (κ3) is 3.02. The first-order chi connectivity index (χ1) is 8.66. The maximum absolute atomic E-state index is 12.5. The Kier molecular flexibility index (Phi) is 4.59. The minimum Gasteiger partial charge on any atom is -0.354 e. The van der Waals surface area contributed by atoms with Crippen molar-refractivity contribution in [2.24, 2.45) is 11.1 Å². The summed E-state index contributed by atoms with van der Waals surface area (Å²) in [5.41, 5.74) is 5.66. The average Bonchev–Trinajstić information content (AvgIpc) is 3.20. The van der Waals surface area contributed by atoms with E-state index in [1.54, 1.807) is 0 Å². The van der Waals surface area contributed by atoms with Crippen molar-refractivity contribution in [3.8, 4) is 0 Å². The van der Waals surface area contributed by atoms with Crippen molar-refractivity contribution < 1.29 is 4.79 Å². The van der Waals surface area contributed by atoms with Crippen molar-refractivity contribution >= 4 is 17.7 Å². The van der Waals surface area contributed by atoms with Crippen LogP contribution in [0.2, 0.25) is 0 Å². The zero-order chi connectivity index (χ0) is 13.1. The summed E-state index contributed by atoms with van der Waals surface area (Å²) in [6, 6.07) is 0. The van der Waals surface area contributed by atoms with Crippen molar-refractivity contribution in [1.29, 1.82) is 0 Å². The Morgan fingerprint density at radius 2 is 1.78 bits per heavy atom. The number of thioether (sulfide) groups is 1. The highest BCUT2D eigenvalue weighted by Gasteiger charge is 2.44.